The SMILES string of the molecule is CN(c1nccc(N2CCOCC2)n1)C1CCCN(Cc2cnn(C)c2)C1. The Labute approximate surface area is 160 Å². The Bertz CT molecular complexity index is 743. The summed E-state index contributed by atoms with van der Waals surface area (Å²) in [4.78, 5) is 16.4. The molecule has 0 N–H and O–H groups in total. The van der Waals surface area contributed by atoms with Gasteiger partial charge in [-0.1, -0.05) is 0 Å². The van der Waals surface area contributed by atoms with Gasteiger partial charge in [-0.15, -0.1) is 0 Å². The van der Waals surface area contributed by atoms with Gasteiger partial charge in [-0.05, 0) is 25.5 Å². The third-order valence-corrected chi connectivity index (χ3v) is 5.47. The van der Waals surface area contributed by atoms with Gasteiger partial charge in [-0.25, -0.2) is 4.98 Å². The maximum atomic E-state index is 5.45. The molecule has 0 spiro atoms. The average molecular weight is 371 g/mol. The van der Waals surface area contributed by atoms with E-state index in [4.69, 9.17) is 9.72 Å². The van der Waals surface area contributed by atoms with Crippen LogP contribution in [0.3, 0.4) is 0 Å². The van der Waals surface area contributed by atoms with E-state index in [0.29, 0.717) is 6.04 Å². The summed E-state index contributed by atoms with van der Waals surface area (Å²) in [7, 11) is 4.09. The first-order valence-electron chi connectivity index (χ1n) is 9.77. The van der Waals surface area contributed by atoms with Gasteiger partial charge in [-0.3, -0.25) is 9.58 Å². The molecule has 27 heavy (non-hydrogen) atoms. The minimum atomic E-state index is 0.426. The predicted molar refractivity (Wildman–Crippen MR) is 105 cm³/mol. The first-order valence-corrected chi connectivity index (χ1v) is 9.77. The van der Waals surface area contributed by atoms with Gasteiger partial charge < -0.3 is 14.5 Å². The molecule has 2 aromatic heterocycles. The number of morpholine rings is 1. The molecule has 2 aromatic rings. The Morgan fingerprint density at radius 1 is 1.26 bits per heavy atom. The molecule has 0 saturated carbocycles. The third-order valence-electron chi connectivity index (χ3n) is 5.47. The van der Waals surface area contributed by atoms with E-state index in [2.05, 4.69) is 38.0 Å². The second-order valence-corrected chi connectivity index (χ2v) is 7.48. The molecule has 0 aromatic carbocycles. The zero-order valence-corrected chi connectivity index (χ0v) is 16.3. The number of anilines is 2. The first-order chi connectivity index (χ1) is 13.2. The van der Waals surface area contributed by atoms with Crippen LogP contribution in [0.4, 0.5) is 11.8 Å². The fraction of sp³-hybridized carbons (Fsp3) is 0.632. The lowest BCUT2D eigenvalue weighted by molar-refractivity contribution is 0.122. The summed E-state index contributed by atoms with van der Waals surface area (Å²) in [6.45, 7) is 6.42. The molecular weight excluding hydrogens is 342 g/mol. The van der Waals surface area contributed by atoms with Crippen molar-refractivity contribution in [1.29, 1.82) is 0 Å². The van der Waals surface area contributed by atoms with Crippen molar-refractivity contribution in [3.8, 4) is 0 Å². The van der Waals surface area contributed by atoms with Crippen molar-refractivity contribution in [2.45, 2.75) is 25.4 Å². The monoisotopic (exact) mass is 371 g/mol. The molecule has 146 valence electrons. The summed E-state index contributed by atoms with van der Waals surface area (Å²) in [6, 6.07) is 2.42. The van der Waals surface area contributed by atoms with Crippen LogP contribution in [0, 0.1) is 0 Å². The van der Waals surface area contributed by atoms with Crippen LogP contribution in [0.2, 0.25) is 0 Å². The van der Waals surface area contributed by atoms with Crippen molar-refractivity contribution in [2.75, 3.05) is 56.2 Å². The van der Waals surface area contributed by atoms with E-state index in [1.165, 1.54) is 18.4 Å². The molecule has 4 heterocycles. The maximum Gasteiger partial charge on any atom is 0.227 e. The second-order valence-electron chi connectivity index (χ2n) is 7.48. The highest BCUT2D eigenvalue weighted by Gasteiger charge is 2.25. The third kappa shape index (κ3) is 4.39. The van der Waals surface area contributed by atoms with Crippen LogP contribution in [0.25, 0.3) is 0 Å². The van der Waals surface area contributed by atoms with Crippen molar-refractivity contribution in [3.63, 3.8) is 0 Å². The number of nitrogens with zero attached hydrogens (tertiary/aromatic N) is 7. The number of ether oxygens (including phenoxy) is 1. The Morgan fingerprint density at radius 3 is 2.89 bits per heavy atom. The van der Waals surface area contributed by atoms with Gasteiger partial charge in [0.15, 0.2) is 0 Å². The van der Waals surface area contributed by atoms with Crippen molar-refractivity contribution in [2.24, 2.45) is 7.05 Å². The average Bonchev–Trinajstić information content (AvgIpc) is 3.13. The van der Waals surface area contributed by atoms with Crippen molar-refractivity contribution in [1.82, 2.24) is 24.6 Å². The van der Waals surface area contributed by atoms with E-state index in [9.17, 15) is 0 Å². The summed E-state index contributed by atoms with van der Waals surface area (Å²) in [5.74, 6) is 1.81. The molecule has 1 atom stereocenters. The summed E-state index contributed by atoms with van der Waals surface area (Å²) in [6.07, 6.45) is 8.30. The predicted octanol–water partition coefficient (Wildman–Crippen LogP) is 1.15. The van der Waals surface area contributed by atoms with E-state index in [1.807, 2.05) is 30.2 Å². The number of aryl methyl sites for hydroxylation is 1. The Hall–Kier alpha value is -2.19. The van der Waals surface area contributed by atoms with Crippen LogP contribution < -0.4 is 9.80 Å². The van der Waals surface area contributed by atoms with E-state index >= 15 is 0 Å². The first kappa shape index (κ1) is 18.2. The molecule has 2 fully saturated rings. The summed E-state index contributed by atoms with van der Waals surface area (Å²) < 4.78 is 7.32. The standard InChI is InChI=1S/C19H29N7O/c1-23-13-16(12-21-23)14-25-7-3-4-17(15-25)24(2)19-20-6-5-18(22-19)26-8-10-27-11-9-26/h5-6,12-13,17H,3-4,7-11,14-15H2,1-2H3. The highest BCUT2D eigenvalue weighted by atomic mass is 16.5. The van der Waals surface area contributed by atoms with Crippen LogP contribution in [0.1, 0.15) is 18.4 Å². The fourth-order valence-corrected chi connectivity index (χ4v) is 3.94. The Morgan fingerprint density at radius 2 is 2.11 bits per heavy atom. The summed E-state index contributed by atoms with van der Waals surface area (Å²) in [5.41, 5.74) is 1.27. The largest absolute Gasteiger partial charge is 0.378 e. The lowest BCUT2D eigenvalue weighted by atomic mass is 10.0. The minimum Gasteiger partial charge on any atom is -0.378 e. The molecule has 0 bridgehead atoms. The molecule has 2 aliphatic heterocycles. The van der Waals surface area contributed by atoms with Crippen LogP contribution in [0.15, 0.2) is 24.7 Å². The highest BCUT2D eigenvalue weighted by Crippen LogP contribution is 2.22. The summed E-state index contributed by atoms with van der Waals surface area (Å²) >= 11 is 0. The zero-order valence-electron chi connectivity index (χ0n) is 16.3. The van der Waals surface area contributed by atoms with Crippen LogP contribution in [0.5, 0.6) is 0 Å². The van der Waals surface area contributed by atoms with Crippen LogP contribution >= 0.6 is 0 Å². The van der Waals surface area contributed by atoms with Crippen LogP contribution in [-0.2, 0) is 18.3 Å². The molecule has 2 saturated heterocycles. The lowest BCUT2D eigenvalue weighted by Gasteiger charge is -2.37. The number of likely N-dealkylation sites (N-methyl/N-ethyl adjacent to an activating group) is 1. The molecule has 4 rings (SSSR count). The van der Waals surface area contributed by atoms with E-state index < -0.39 is 0 Å². The smallest absolute Gasteiger partial charge is 0.227 e. The van der Waals surface area contributed by atoms with Gasteiger partial charge >= 0.3 is 0 Å². The van der Waals surface area contributed by atoms with E-state index in [1.54, 1.807) is 0 Å². The number of hydrogen-bond acceptors (Lipinski definition) is 7. The normalized spacial score (nSPS) is 21.4. The molecule has 0 aliphatic carbocycles. The zero-order chi connectivity index (χ0) is 18.6. The van der Waals surface area contributed by atoms with Crippen molar-refractivity contribution in [3.05, 3.63) is 30.2 Å². The van der Waals surface area contributed by atoms with Crippen molar-refractivity contribution < 1.29 is 4.74 Å². The molecule has 8 nitrogen and oxygen atoms in total. The van der Waals surface area contributed by atoms with E-state index in [-0.39, 0.29) is 0 Å². The molecule has 1 unspecified atom stereocenters. The van der Waals surface area contributed by atoms with Crippen molar-refractivity contribution >= 4 is 11.8 Å². The molecule has 2 aliphatic rings. The van der Waals surface area contributed by atoms with Gasteiger partial charge in [0.1, 0.15) is 5.82 Å². The van der Waals surface area contributed by atoms with Gasteiger partial charge in [-0.2, -0.15) is 10.1 Å². The van der Waals surface area contributed by atoms with Crippen LogP contribution in [-0.4, -0.2) is 77.1 Å². The highest BCUT2D eigenvalue weighted by molar-refractivity contribution is 5.44. The number of aromatic nitrogens is 4. The van der Waals surface area contributed by atoms with Gasteiger partial charge in [0.05, 0.1) is 19.4 Å². The number of rotatable bonds is 5. The fourth-order valence-electron chi connectivity index (χ4n) is 3.94. The van der Waals surface area contributed by atoms with E-state index in [0.717, 1.165) is 57.7 Å². The van der Waals surface area contributed by atoms with Gasteiger partial charge in [0.2, 0.25) is 5.95 Å². The van der Waals surface area contributed by atoms with Gasteiger partial charge in [0.25, 0.3) is 0 Å². The molecule has 0 amide bonds. The lowest BCUT2D eigenvalue weighted by Crippen LogP contribution is -2.47. The molecule has 8 heteroatoms. The van der Waals surface area contributed by atoms with Gasteiger partial charge in [0, 0.05) is 64.3 Å². The minimum absolute atomic E-state index is 0.426. The quantitative estimate of drug-likeness (QED) is 0.781. The second kappa shape index (κ2) is 8.22. The number of piperidine rings is 1. The maximum absolute atomic E-state index is 5.45. The number of hydrogen-bond donors (Lipinski definition) is 0. The Balaban J connectivity index is 1.41. The Kier molecular flexibility index (Phi) is 5.54. The molecule has 0 radical (unpaired) electrons. The summed E-state index contributed by atoms with van der Waals surface area (Å²) in [5, 5.41) is 4.28. The topological polar surface area (TPSA) is 62.6 Å². The number of likely N-dealkylation sites (tertiary alicyclic amines) is 1. The molecular formula is C19H29N7O.